The van der Waals surface area contributed by atoms with Crippen LogP contribution < -0.4 is 57.0 Å². The minimum Gasteiger partial charge on any atom is -0.547 e. The van der Waals surface area contributed by atoms with E-state index in [0.29, 0.717) is 0 Å². The molecule has 7 heteroatoms. The van der Waals surface area contributed by atoms with E-state index in [2.05, 4.69) is 9.97 Å². The summed E-state index contributed by atoms with van der Waals surface area (Å²) in [7, 11) is 4.73. The van der Waals surface area contributed by atoms with E-state index in [4.69, 9.17) is 7.85 Å². The molecule has 0 aliphatic heterocycles. The average Bonchev–Trinajstić information content (AvgIpc) is 1.84. The van der Waals surface area contributed by atoms with Crippen LogP contribution >= 0.6 is 0 Å². The summed E-state index contributed by atoms with van der Waals surface area (Å²) in [6, 6.07) is 0. The first-order chi connectivity index (χ1) is 4.61. The molecule has 0 N–H and O–H groups in total. The van der Waals surface area contributed by atoms with Crippen molar-refractivity contribution >= 4 is 13.4 Å². The molecule has 0 amide bonds. The molecule has 1 rings (SSSR count). The van der Waals surface area contributed by atoms with E-state index >= 15 is 0 Å². The van der Waals surface area contributed by atoms with Crippen LogP contribution in [0.25, 0.3) is 0 Å². The van der Waals surface area contributed by atoms with Crippen molar-refractivity contribution in [1.29, 1.82) is 0 Å². The minimum absolute atomic E-state index is 0. The molecule has 0 fully saturated rings. The Hall–Kier alpha value is 0.571. The summed E-state index contributed by atoms with van der Waals surface area (Å²) >= 11 is 0. The van der Waals surface area contributed by atoms with Gasteiger partial charge in [0.25, 0.3) is 11.9 Å². The number of nitrogens with zero attached hydrogens (tertiary/aromatic N) is 2. The van der Waals surface area contributed by atoms with Gasteiger partial charge in [0.15, 0.2) is 5.95 Å². The molecule has 2 nitrogen and oxygen atoms in total. The second kappa shape index (κ2) is 4.56. The van der Waals surface area contributed by atoms with Crippen molar-refractivity contribution < 1.29 is 64.6 Å². The molecule has 51 valence electrons. The normalized spacial score (nSPS) is 9.09. The quantitative estimate of drug-likeness (QED) is 0.393. The standard InChI is InChI=1S/C4BF3N2.K/c5-1-2(6)10-4(8)3(7)9-1;/q-1;+1. The van der Waals surface area contributed by atoms with Gasteiger partial charge in [-0.2, -0.15) is 23.7 Å². The van der Waals surface area contributed by atoms with Crippen LogP contribution in [0.5, 0.6) is 0 Å². The monoisotopic (exact) mass is 183 g/mol. The fourth-order valence-electron chi connectivity index (χ4n) is 0.388. The van der Waals surface area contributed by atoms with Crippen molar-refractivity contribution in [2.24, 2.45) is 0 Å². The van der Waals surface area contributed by atoms with E-state index in [0.717, 1.165) is 0 Å². The Labute approximate surface area is 104 Å². The Kier molecular flexibility index (Phi) is 4.80. The van der Waals surface area contributed by atoms with Crippen LogP contribution in [0.4, 0.5) is 13.2 Å². The van der Waals surface area contributed by atoms with Gasteiger partial charge in [0.2, 0.25) is 0 Å². The maximum absolute atomic E-state index is 12.1. The fraction of sp³-hybridized carbons (Fsp3) is 0. The molecular weight excluding hydrogens is 183 g/mol. The van der Waals surface area contributed by atoms with Crippen LogP contribution in [0.3, 0.4) is 0 Å². The number of rotatable bonds is 0. The van der Waals surface area contributed by atoms with E-state index in [-0.39, 0.29) is 51.4 Å². The van der Waals surface area contributed by atoms with Gasteiger partial charge in [-0.3, -0.25) is 4.98 Å². The largest absolute Gasteiger partial charge is 1.00 e. The van der Waals surface area contributed by atoms with Gasteiger partial charge in [-0.25, -0.2) is 0 Å². The van der Waals surface area contributed by atoms with Gasteiger partial charge >= 0.3 is 51.4 Å². The van der Waals surface area contributed by atoms with Crippen molar-refractivity contribution in [2.45, 2.75) is 0 Å². The Balaban J connectivity index is 0.000001000. The van der Waals surface area contributed by atoms with Crippen LogP contribution in [0, 0.1) is 17.8 Å². The topological polar surface area (TPSA) is 25.8 Å². The molecule has 1 heterocycles. The van der Waals surface area contributed by atoms with E-state index in [1.807, 2.05) is 0 Å². The second-order valence-electron chi connectivity index (χ2n) is 1.48. The predicted octanol–water partition coefficient (Wildman–Crippen LogP) is -3.31. The molecule has 0 spiro atoms. The molecular formula is C4BF3KN2. The van der Waals surface area contributed by atoms with Crippen LogP contribution in [0.2, 0.25) is 0 Å². The molecule has 0 aliphatic carbocycles. The maximum atomic E-state index is 12.1. The third-order valence-electron chi connectivity index (χ3n) is 0.797. The molecule has 0 aliphatic rings. The molecule has 0 bridgehead atoms. The first-order valence-electron chi connectivity index (χ1n) is 2.25. The number of aromatic nitrogens is 2. The van der Waals surface area contributed by atoms with E-state index in [1.165, 1.54) is 0 Å². The van der Waals surface area contributed by atoms with Gasteiger partial charge in [-0.1, -0.05) is 0 Å². The molecule has 3 radical (unpaired) electrons. The van der Waals surface area contributed by atoms with Crippen LogP contribution in [0.1, 0.15) is 0 Å². The maximum Gasteiger partial charge on any atom is 1.00 e. The molecule has 0 saturated heterocycles. The van der Waals surface area contributed by atoms with Crippen molar-refractivity contribution in [2.75, 3.05) is 0 Å². The van der Waals surface area contributed by atoms with E-state index in [1.54, 1.807) is 0 Å². The Morgan fingerprint density at radius 2 is 1.36 bits per heavy atom. The van der Waals surface area contributed by atoms with Crippen molar-refractivity contribution in [1.82, 2.24) is 9.97 Å². The van der Waals surface area contributed by atoms with Crippen molar-refractivity contribution in [3.8, 4) is 0 Å². The third kappa shape index (κ3) is 2.83. The summed E-state index contributed by atoms with van der Waals surface area (Å²) in [5.41, 5.74) is -0.751. The molecule has 0 unspecified atom stereocenters. The smallest absolute Gasteiger partial charge is 0.547 e. The van der Waals surface area contributed by atoms with Crippen molar-refractivity contribution in [3.63, 3.8) is 0 Å². The first kappa shape index (κ1) is 11.6. The number of halogens is 3. The van der Waals surface area contributed by atoms with Crippen molar-refractivity contribution in [3.05, 3.63) is 17.8 Å². The molecule has 1 aromatic rings. The van der Waals surface area contributed by atoms with Gasteiger partial charge in [0.1, 0.15) is 0 Å². The summed E-state index contributed by atoms with van der Waals surface area (Å²) < 4.78 is 35.9. The number of hydrogen-bond donors (Lipinski definition) is 0. The predicted molar refractivity (Wildman–Crippen MR) is 27.3 cm³/mol. The molecule has 0 atom stereocenters. The Morgan fingerprint density at radius 1 is 0.909 bits per heavy atom. The van der Waals surface area contributed by atoms with Gasteiger partial charge in [-0.15, -0.1) is 0 Å². The van der Waals surface area contributed by atoms with Gasteiger partial charge in [0, 0.05) is 0 Å². The SMILES string of the molecule is [B-]c1nc(F)c(F)nc1F.[K+]. The van der Waals surface area contributed by atoms with Gasteiger partial charge in [-0.05, 0) is 0 Å². The summed E-state index contributed by atoms with van der Waals surface area (Å²) in [5, 5.41) is 0. The van der Waals surface area contributed by atoms with Gasteiger partial charge < -0.3 is 7.85 Å². The zero-order chi connectivity index (χ0) is 7.72. The fourth-order valence-corrected chi connectivity index (χ4v) is 0.388. The number of hydrogen-bond acceptors (Lipinski definition) is 2. The van der Waals surface area contributed by atoms with Crippen LogP contribution in [0.15, 0.2) is 0 Å². The minimum atomic E-state index is -1.59. The Bertz CT molecular complexity index is 220. The second-order valence-corrected chi connectivity index (χ2v) is 1.48. The van der Waals surface area contributed by atoms with Crippen LogP contribution in [-0.2, 0) is 0 Å². The molecule has 0 aromatic carbocycles. The zero-order valence-corrected chi connectivity index (χ0v) is 8.73. The first-order valence-corrected chi connectivity index (χ1v) is 2.25. The average molecular weight is 183 g/mol. The van der Waals surface area contributed by atoms with Gasteiger partial charge in [0.05, 0.1) is 0 Å². The third-order valence-corrected chi connectivity index (χ3v) is 0.797. The molecule has 0 saturated carbocycles. The molecule has 11 heavy (non-hydrogen) atoms. The van der Waals surface area contributed by atoms with E-state index < -0.39 is 23.4 Å². The summed E-state index contributed by atoms with van der Waals surface area (Å²) in [4.78, 5) is 5.15. The van der Waals surface area contributed by atoms with Crippen LogP contribution in [-0.4, -0.2) is 17.8 Å². The van der Waals surface area contributed by atoms with E-state index in [9.17, 15) is 13.2 Å². The Morgan fingerprint density at radius 3 is 1.82 bits per heavy atom. The summed E-state index contributed by atoms with van der Waals surface area (Å²) in [5.74, 6) is -4.40. The summed E-state index contributed by atoms with van der Waals surface area (Å²) in [6.45, 7) is 0. The summed E-state index contributed by atoms with van der Waals surface area (Å²) in [6.07, 6.45) is 0. The zero-order valence-electron chi connectivity index (χ0n) is 5.61. The molecule has 1 aromatic heterocycles.